The van der Waals surface area contributed by atoms with Crippen LogP contribution in [-0.2, 0) is 0 Å². The summed E-state index contributed by atoms with van der Waals surface area (Å²) in [6.45, 7) is 2.67. The molecule has 1 heterocycles. The summed E-state index contributed by atoms with van der Waals surface area (Å²) in [6.07, 6.45) is 0.884. The van der Waals surface area contributed by atoms with Gasteiger partial charge in [-0.2, -0.15) is 4.98 Å². The fourth-order valence-electron chi connectivity index (χ4n) is 1.64. The number of nitrogens with one attached hydrogen (secondary N) is 1. The second-order valence-corrected chi connectivity index (χ2v) is 4.73. The number of nitro groups is 1. The molecule has 0 radical (unpaired) electrons. The van der Waals surface area contributed by atoms with E-state index in [2.05, 4.69) is 10.3 Å². The van der Waals surface area contributed by atoms with Crippen LogP contribution in [0.5, 0.6) is 11.6 Å². The summed E-state index contributed by atoms with van der Waals surface area (Å²) in [5.41, 5.74) is -0.0827. The first-order chi connectivity index (χ1) is 10.1. The van der Waals surface area contributed by atoms with Crippen LogP contribution in [-0.4, -0.2) is 16.5 Å². The Morgan fingerprint density at radius 1 is 1.38 bits per heavy atom. The van der Waals surface area contributed by atoms with Gasteiger partial charge >= 0.3 is 0 Å². The maximum absolute atomic E-state index is 11.0. The zero-order valence-corrected chi connectivity index (χ0v) is 12.1. The van der Waals surface area contributed by atoms with Crippen LogP contribution in [0.15, 0.2) is 36.4 Å². The van der Waals surface area contributed by atoms with Crippen LogP contribution in [0.2, 0.25) is 5.02 Å². The Bertz CT molecular complexity index is 649. The SMILES string of the molecule is CCCNc1cc([N+](=O)[O-])cc(Oc2cccc(Cl)c2)n1. The number of halogens is 1. The summed E-state index contributed by atoms with van der Waals surface area (Å²) in [7, 11) is 0. The molecule has 0 saturated heterocycles. The lowest BCUT2D eigenvalue weighted by Gasteiger charge is -2.08. The van der Waals surface area contributed by atoms with Crippen molar-refractivity contribution in [3.63, 3.8) is 0 Å². The van der Waals surface area contributed by atoms with Crippen molar-refractivity contribution in [1.82, 2.24) is 4.98 Å². The molecule has 21 heavy (non-hydrogen) atoms. The third-order valence-corrected chi connectivity index (χ3v) is 2.81. The number of hydrogen-bond donors (Lipinski definition) is 1. The lowest BCUT2D eigenvalue weighted by atomic mass is 10.3. The van der Waals surface area contributed by atoms with Crippen LogP contribution in [0.4, 0.5) is 11.5 Å². The molecule has 7 heteroatoms. The molecule has 0 fully saturated rings. The molecule has 2 aromatic rings. The van der Waals surface area contributed by atoms with E-state index >= 15 is 0 Å². The summed E-state index contributed by atoms with van der Waals surface area (Å²) in [5, 5.41) is 14.5. The molecule has 0 atom stereocenters. The fraction of sp³-hybridized carbons (Fsp3) is 0.214. The number of ether oxygens (including phenoxy) is 1. The van der Waals surface area contributed by atoms with Gasteiger partial charge in [-0.3, -0.25) is 10.1 Å². The average Bonchev–Trinajstić information content (AvgIpc) is 2.45. The number of benzene rings is 1. The Kier molecular flexibility index (Phi) is 4.94. The fourth-order valence-corrected chi connectivity index (χ4v) is 1.82. The van der Waals surface area contributed by atoms with Gasteiger partial charge in [-0.1, -0.05) is 24.6 Å². The van der Waals surface area contributed by atoms with E-state index in [1.165, 1.54) is 12.1 Å². The number of anilines is 1. The minimum Gasteiger partial charge on any atom is -0.439 e. The summed E-state index contributed by atoms with van der Waals surface area (Å²) >= 11 is 5.87. The lowest BCUT2D eigenvalue weighted by Crippen LogP contribution is -2.03. The van der Waals surface area contributed by atoms with Gasteiger partial charge in [0.2, 0.25) is 5.88 Å². The zero-order chi connectivity index (χ0) is 15.2. The van der Waals surface area contributed by atoms with Gasteiger partial charge in [-0.05, 0) is 24.6 Å². The van der Waals surface area contributed by atoms with E-state index < -0.39 is 4.92 Å². The molecule has 2 rings (SSSR count). The van der Waals surface area contributed by atoms with Crippen molar-refractivity contribution in [2.24, 2.45) is 0 Å². The summed E-state index contributed by atoms with van der Waals surface area (Å²) in [4.78, 5) is 14.7. The van der Waals surface area contributed by atoms with Gasteiger partial charge in [0.05, 0.1) is 17.1 Å². The van der Waals surface area contributed by atoms with Crippen molar-refractivity contribution >= 4 is 23.1 Å². The Morgan fingerprint density at radius 2 is 2.19 bits per heavy atom. The third kappa shape index (κ3) is 4.32. The van der Waals surface area contributed by atoms with Crippen molar-refractivity contribution in [2.75, 3.05) is 11.9 Å². The molecule has 0 aliphatic heterocycles. The van der Waals surface area contributed by atoms with Gasteiger partial charge in [0, 0.05) is 11.6 Å². The molecule has 6 nitrogen and oxygen atoms in total. The standard InChI is InChI=1S/C14H14ClN3O3/c1-2-6-16-13-8-11(18(19)20)9-14(17-13)21-12-5-3-4-10(15)7-12/h3-5,7-9H,2,6H2,1H3,(H,16,17). The zero-order valence-electron chi connectivity index (χ0n) is 11.4. The molecule has 0 aliphatic carbocycles. The van der Waals surface area contributed by atoms with E-state index in [0.29, 0.717) is 23.1 Å². The van der Waals surface area contributed by atoms with Crippen molar-refractivity contribution in [3.8, 4) is 11.6 Å². The van der Waals surface area contributed by atoms with Crippen molar-refractivity contribution in [3.05, 3.63) is 51.5 Å². The number of rotatable bonds is 6. The first kappa shape index (κ1) is 15.1. The van der Waals surface area contributed by atoms with E-state index in [1.807, 2.05) is 6.92 Å². The van der Waals surface area contributed by atoms with Crippen molar-refractivity contribution < 1.29 is 9.66 Å². The van der Waals surface area contributed by atoms with Crippen LogP contribution < -0.4 is 10.1 Å². The summed E-state index contributed by atoms with van der Waals surface area (Å²) < 4.78 is 5.53. The van der Waals surface area contributed by atoms with E-state index in [1.54, 1.807) is 24.3 Å². The Morgan fingerprint density at radius 3 is 2.86 bits per heavy atom. The molecule has 110 valence electrons. The second-order valence-electron chi connectivity index (χ2n) is 4.29. The Hall–Kier alpha value is -2.34. The van der Waals surface area contributed by atoms with Crippen LogP contribution in [0.1, 0.15) is 13.3 Å². The first-order valence-electron chi connectivity index (χ1n) is 6.42. The largest absolute Gasteiger partial charge is 0.439 e. The van der Waals surface area contributed by atoms with Gasteiger partial charge in [0.25, 0.3) is 5.69 Å². The molecule has 0 spiro atoms. The Balaban J connectivity index is 2.28. The van der Waals surface area contributed by atoms with E-state index in [4.69, 9.17) is 16.3 Å². The smallest absolute Gasteiger partial charge is 0.278 e. The highest BCUT2D eigenvalue weighted by molar-refractivity contribution is 6.30. The molecular weight excluding hydrogens is 294 g/mol. The first-order valence-corrected chi connectivity index (χ1v) is 6.80. The number of pyridine rings is 1. The maximum Gasteiger partial charge on any atom is 0.278 e. The minimum absolute atomic E-state index is 0.0827. The van der Waals surface area contributed by atoms with Crippen molar-refractivity contribution in [2.45, 2.75) is 13.3 Å². The highest BCUT2D eigenvalue weighted by atomic mass is 35.5. The molecular formula is C14H14ClN3O3. The quantitative estimate of drug-likeness (QED) is 0.637. The normalized spacial score (nSPS) is 10.2. The van der Waals surface area contributed by atoms with E-state index in [0.717, 1.165) is 6.42 Å². The number of hydrogen-bond acceptors (Lipinski definition) is 5. The van der Waals surface area contributed by atoms with Crippen LogP contribution >= 0.6 is 11.6 Å². The van der Waals surface area contributed by atoms with E-state index in [-0.39, 0.29) is 11.6 Å². The van der Waals surface area contributed by atoms with E-state index in [9.17, 15) is 10.1 Å². The predicted octanol–water partition coefficient (Wildman–Crippen LogP) is 4.26. The minimum atomic E-state index is -0.483. The summed E-state index contributed by atoms with van der Waals surface area (Å²) in [5.74, 6) is 1.02. The molecule has 0 aliphatic rings. The maximum atomic E-state index is 11.0. The number of nitrogens with zero attached hydrogens (tertiary/aromatic N) is 2. The highest BCUT2D eigenvalue weighted by Crippen LogP contribution is 2.27. The second kappa shape index (κ2) is 6.90. The molecule has 0 unspecified atom stereocenters. The Labute approximate surface area is 126 Å². The van der Waals surface area contributed by atoms with Gasteiger partial charge in [0.15, 0.2) is 0 Å². The molecule has 0 saturated carbocycles. The van der Waals surface area contributed by atoms with Gasteiger partial charge < -0.3 is 10.1 Å². The molecule has 1 aromatic carbocycles. The lowest BCUT2D eigenvalue weighted by molar-refractivity contribution is -0.384. The molecule has 1 N–H and O–H groups in total. The molecule has 0 amide bonds. The van der Waals surface area contributed by atoms with Crippen molar-refractivity contribution in [1.29, 1.82) is 0 Å². The van der Waals surface area contributed by atoms with Crippen LogP contribution in [0, 0.1) is 10.1 Å². The third-order valence-electron chi connectivity index (χ3n) is 2.57. The monoisotopic (exact) mass is 307 g/mol. The predicted molar refractivity (Wildman–Crippen MR) is 81.2 cm³/mol. The van der Waals surface area contributed by atoms with Gasteiger partial charge in [-0.15, -0.1) is 0 Å². The highest BCUT2D eigenvalue weighted by Gasteiger charge is 2.12. The van der Waals surface area contributed by atoms with Gasteiger partial charge in [0.1, 0.15) is 11.6 Å². The average molecular weight is 308 g/mol. The van der Waals surface area contributed by atoms with Crippen LogP contribution in [0.25, 0.3) is 0 Å². The molecule has 0 bridgehead atoms. The topological polar surface area (TPSA) is 77.3 Å². The van der Waals surface area contributed by atoms with Crippen LogP contribution in [0.3, 0.4) is 0 Å². The van der Waals surface area contributed by atoms with Gasteiger partial charge in [-0.25, -0.2) is 0 Å². The number of aromatic nitrogens is 1. The molecule has 1 aromatic heterocycles. The summed E-state index contributed by atoms with van der Waals surface area (Å²) in [6, 6.07) is 9.40.